The van der Waals surface area contributed by atoms with Crippen LogP contribution in [0.1, 0.15) is 48.9 Å². The lowest BCUT2D eigenvalue weighted by atomic mass is 9.83. The molecule has 1 fully saturated rings. The lowest BCUT2D eigenvalue weighted by molar-refractivity contribution is 0.0641. The number of para-hydroxylation sites is 1. The molecule has 0 aliphatic heterocycles. The SMILES string of the molecule is O=C(NCCC[C@H]1CCCC[C@H]1O)c1cccc2n[nH]nc12. The Kier molecular flexibility index (Phi) is 4.68. The van der Waals surface area contributed by atoms with E-state index < -0.39 is 0 Å². The van der Waals surface area contributed by atoms with E-state index in [9.17, 15) is 9.90 Å². The summed E-state index contributed by atoms with van der Waals surface area (Å²) in [6.07, 6.45) is 6.07. The molecule has 6 nitrogen and oxygen atoms in total. The minimum absolute atomic E-state index is 0.122. The molecular formula is C16H22N4O2. The Morgan fingerprint density at radius 1 is 1.32 bits per heavy atom. The maximum atomic E-state index is 12.2. The minimum atomic E-state index is -0.159. The van der Waals surface area contributed by atoms with Gasteiger partial charge in [0.2, 0.25) is 0 Å². The highest BCUT2D eigenvalue weighted by atomic mass is 16.3. The van der Waals surface area contributed by atoms with Crippen LogP contribution in [0.15, 0.2) is 18.2 Å². The summed E-state index contributed by atoms with van der Waals surface area (Å²) in [5, 5.41) is 23.4. The monoisotopic (exact) mass is 302 g/mol. The van der Waals surface area contributed by atoms with E-state index >= 15 is 0 Å². The normalized spacial score (nSPS) is 21.9. The van der Waals surface area contributed by atoms with Gasteiger partial charge in [0, 0.05) is 6.54 Å². The van der Waals surface area contributed by atoms with Crippen molar-refractivity contribution in [3.8, 4) is 0 Å². The molecule has 2 atom stereocenters. The van der Waals surface area contributed by atoms with Crippen molar-refractivity contribution in [3.05, 3.63) is 23.8 Å². The lowest BCUT2D eigenvalue weighted by Gasteiger charge is -2.27. The van der Waals surface area contributed by atoms with Crippen molar-refractivity contribution in [3.63, 3.8) is 0 Å². The summed E-state index contributed by atoms with van der Waals surface area (Å²) in [5.74, 6) is 0.272. The average Bonchev–Trinajstić information content (AvgIpc) is 3.01. The fourth-order valence-electron chi connectivity index (χ4n) is 3.24. The number of carbonyl (C=O) groups excluding carboxylic acids is 1. The van der Waals surface area contributed by atoms with Crippen LogP contribution in [0, 0.1) is 5.92 Å². The Morgan fingerprint density at radius 3 is 3.05 bits per heavy atom. The van der Waals surface area contributed by atoms with Crippen molar-refractivity contribution >= 4 is 16.9 Å². The van der Waals surface area contributed by atoms with Gasteiger partial charge in [0.05, 0.1) is 11.7 Å². The fourth-order valence-corrected chi connectivity index (χ4v) is 3.24. The van der Waals surface area contributed by atoms with E-state index in [-0.39, 0.29) is 12.0 Å². The van der Waals surface area contributed by atoms with E-state index in [4.69, 9.17) is 0 Å². The molecule has 1 aromatic carbocycles. The molecule has 2 aromatic rings. The number of rotatable bonds is 5. The smallest absolute Gasteiger partial charge is 0.253 e. The number of nitrogens with zero attached hydrogens (tertiary/aromatic N) is 2. The summed E-state index contributed by atoms with van der Waals surface area (Å²) in [6, 6.07) is 5.38. The highest BCUT2D eigenvalue weighted by Crippen LogP contribution is 2.27. The molecule has 1 aliphatic rings. The number of carbonyl (C=O) groups is 1. The second-order valence-corrected chi connectivity index (χ2v) is 6.01. The second kappa shape index (κ2) is 6.87. The molecule has 1 aliphatic carbocycles. The first-order valence-electron chi connectivity index (χ1n) is 8.01. The van der Waals surface area contributed by atoms with Crippen LogP contribution in [0.2, 0.25) is 0 Å². The first-order valence-corrected chi connectivity index (χ1v) is 8.01. The van der Waals surface area contributed by atoms with Crippen molar-refractivity contribution in [1.29, 1.82) is 0 Å². The summed E-state index contributed by atoms with van der Waals surface area (Å²) < 4.78 is 0. The minimum Gasteiger partial charge on any atom is -0.393 e. The van der Waals surface area contributed by atoms with Gasteiger partial charge in [0.1, 0.15) is 11.0 Å². The van der Waals surface area contributed by atoms with Gasteiger partial charge in [-0.05, 0) is 43.7 Å². The van der Waals surface area contributed by atoms with Crippen LogP contribution >= 0.6 is 0 Å². The third kappa shape index (κ3) is 3.27. The van der Waals surface area contributed by atoms with Crippen LogP contribution in [0.25, 0.3) is 11.0 Å². The average molecular weight is 302 g/mol. The standard InChI is InChI=1S/C16H22N4O2/c21-14-9-2-1-5-11(14)6-4-10-17-16(22)12-7-3-8-13-15(12)19-20-18-13/h3,7-8,11,14,21H,1-2,4-6,9-10H2,(H,17,22)(H,18,19,20)/t11-,14-/m1/s1. The number of benzene rings is 1. The van der Waals surface area contributed by atoms with E-state index in [1.165, 1.54) is 6.42 Å². The summed E-state index contributed by atoms with van der Waals surface area (Å²) in [7, 11) is 0. The van der Waals surface area contributed by atoms with Crippen LogP contribution in [-0.4, -0.2) is 39.1 Å². The lowest BCUT2D eigenvalue weighted by Crippen LogP contribution is -2.28. The summed E-state index contributed by atoms with van der Waals surface area (Å²) in [5.41, 5.74) is 1.84. The largest absolute Gasteiger partial charge is 0.393 e. The zero-order valence-electron chi connectivity index (χ0n) is 12.6. The van der Waals surface area contributed by atoms with Gasteiger partial charge in [0.25, 0.3) is 5.91 Å². The molecular weight excluding hydrogens is 280 g/mol. The predicted octanol–water partition coefficient (Wildman–Crippen LogP) is 2.02. The molecule has 3 rings (SSSR count). The Hall–Kier alpha value is -1.95. The number of aliphatic hydroxyl groups excluding tert-OH is 1. The van der Waals surface area contributed by atoms with Crippen LogP contribution in [0.5, 0.6) is 0 Å². The van der Waals surface area contributed by atoms with E-state index in [1.54, 1.807) is 12.1 Å². The molecule has 0 radical (unpaired) electrons. The van der Waals surface area contributed by atoms with Crippen molar-refractivity contribution in [2.24, 2.45) is 5.92 Å². The molecule has 0 saturated heterocycles. The Bertz CT molecular complexity index is 640. The number of fused-ring (bicyclic) bond motifs is 1. The van der Waals surface area contributed by atoms with E-state index in [2.05, 4.69) is 20.7 Å². The first kappa shape index (κ1) is 15.0. The molecule has 1 aromatic heterocycles. The van der Waals surface area contributed by atoms with Crippen LogP contribution in [0.4, 0.5) is 0 Å². The number of aliphatic hydroxyl groups is 1. The molecule has 0 unspecified atom stereocenters. The van der Waals surface area contributed by atoms with Gasteiger partial charge in [-0.2, -0.15) is 15.4 Å². The summed E-state index contributed by atoms with van der Waals surface area (Å²) in [6.45, 7) is 0.621. The molecule has 6 heteroatoms. The zero-order valence-corrected chi connectivity index (χ0v) is 12.6. The maximum absolute atomic E-state index is 12.2. The molecule has 1 heterocycles. The Balaban J connectivity index is 1.49. The molecule has 3 N–H and O–H groups in total. The number of aromatic amines is 1. The molecule has 1 saturated carbocycles. The first-order chi connectivity index (χ1) is 10.8. The number of hydrogen-bond acceptors (Lipinski definition) is 4. The zero-order chi connectivity index (χ0) is 15.4. The van der Waals surface area contributed by atoms with Gasteiger partial charge < -0.3 is 10.4 Å². The Morgan fingerprint density at radius 2 is 2.18 bits per heavy atom. The van der Waals surface area contributed by atoms with Crippen molar-refractivity contribution < 1.29 is 9.90 Å². The number of H-pyrrole nitrogens is 1. The topological polar surface area (TPSA) is 90.9 Å². The van der Waals surface area contributed by atoms with Crippen molar-refractivity contribution in [1.82, 2.24) is 20.7 Å². The third-order valence-corrected chi connectivity index (χ3v) is 4.50. The van der Waals surface area contributed by atoms with Crippen LogP contribution in [0.3, 0.4) is 0 Å². The molecule has 1 amide bonds. The van der Waals surface area contributed by atoms with Gasteiger partial charge in [-0.15, -0.1) is 0 Å². The van der Waals surface area contributed by atoms with E-state index in [0.29, 0.717) is 29.1 Å². The molecule has 118 valence electrons. The van der Waals surface area contributed by atoms with E-state index in [0.717, 1.165) is 32.1 Å². The molecule has 0 bridgehead atoms. The van der Waals surface area contributed by atoms with Gasteiger partial charge in [0.15, 0.2) is 0 Å². The number of hydrogen-bond donors (Lipinski definition) is 3. The van der Waals surface area contributed by atoms with Gasteiger partial charge in [-0.25, -0.2) is 0 Å². The quantitative estimate of drug-likeness (QED) is 0.737. The predicted molar refractivity (Wildman–Crippen MR) is 83.4 cm³/mol. The number of aromatic nitrogens is 3. The van der Waals surface area contributed by atoms with E-state index in [1.807, 2.05) is 6.07 Å². The molecule has 22 heavy (non-hydrogen) atoms. The van der Waals surface area contributed by atoms with Crippen LogP contribution in [-0.2, 0) is 0 Å². The highest BCUT2D eigenvalue weighted by molar-refractivity contribution is 6.04. The van der Waals surface area contributed by atoms with Gasteiger partial charge in [-0.1, -0.05) is 18.9 Å². The maximum Gasteiger partial charge on any atom is 0.253 e. The third-order valence-electron chi connectivity index (χ3n) is 4.50. The number of amides is 1. The fraction of sp³-hybridized carbons (Fsp3) is 0.562. The van der Waals surface area contributed by atoms with Crippen molar-refractivity contribution in [2.75, 3.05) is 6.54 Å². The molecule has 0 spiro atoms. The van der Waals surface area contributed by atoms with Gasteiger partial charge >= 0.3 is 0 Å². The highest BCUT2D eigenvalue weighted by Gasteiger charge is 2.22. The second-order valence-electron chi connectivity index (χ2n) is 6.01. The number of nitrogens with one attached hydrogen (secondary N) is 2. The summed E-state index contributed by atoms with van der Waals surface area (Å²) in [4.78, 5) is 12.2. The Labute approximate surface area is 129 Å². The van der Waals surface area contributed by atoms with Crippen LogP contribution < -0.4 is 5.32 Å². The van der Waals surface area contributed by atoms with Crippen molar-refractivity contribution in [2.45, 2.75) is 44.6 Å². The summed E-state index contributed by atoms with van der Waals surface area (Å²) >= 11 is 0. The van der Waals surface area contributed by atoms with Gasteiger partial charge in [-0.3, -0.25) is 4.79 Å².